The van der Waals surface area contributed by atoms with Crippen molar-refractivity contribution in [2.75, 3.05) is 18.5 Å². The Morgan fingerprint density at radius 3 is 2.58 bits per heavy atom. The topological polar surface area (TPSA) is 18.5 Å². The van der Waals surface area contributed by atoms with E-state index in [9.17, 15) is 0 Å². The number of allylic oxidation sites excluding steroid dienone is 1. The number of fused-ring (bicyclic) bond motifs is 5. The van der Waals surface area contributed by atoms with E-state index in [0.717, 1.165) is 43.3 Å². The summed E-state index contributed by atoms with van der Waals surface area (Å²) in [5.41, 5.74) is 2.68. The molecule has 0 N–H and O–H groups in total. The van der Waals surface area contributed by atoms with Gasteiger partial charge in [-0.3, -0.25) is 0 Å². The molecule has 1 heterocycles. The molecule has 0 bridgehead atoms. The van der Waals surface area contributed by atoms with E-state index in [1.807, 2.05) is 0 Å². The molecular formula is C23H35BrO2. The van der Waals surface area contributed by atoms with Crippen molar-refractivity contribution in [3.05, 3.63) is 11.6 Å². The summed E-state index contributed by atoms with van der Waals surface area (Å²) in [4.78, 5) is 0. The Balaban J connectivity index is 1.43. The van der Waals surface area contributed by atoms with Gasteiger partial charge in [0.05, 0.1) is 13.2 Å². The summed E-state index contributed by atoms with van der Waals surface area (Å²) in [6.45, 7) is 6.77. The summed E-state index contributed by atoms with van der Waals surface area (Å²) in [6.07, 6.45) is 14.7. The Bertz CT molecular complexity index is 595. The molecule has 2 nitrogen and oxygen atoms in total. The lowest BCUT2D eigenvalue weighted by Crippen LogP contribution is -2.52. The molecule has 5 aliphatic rings. The summed E-state index contributed by atoms with van der Waals surface area (Å²) < 4.78 is 12.1. The van der Waals surface area contributed by atoms with Gasteiger partial charge in [-0.15, -0.1) is 0 Å². The highest BCUT2D eigenvalue weighted by molar-refractivity contribution is 9.09. The van der Waals surface area contributed by atoms with Gasteiger partial charge in [-0.1, -0.05) is 35.4 Å². The van der Waals surface area contributed by atoms with Crippen molar-refractivity contribution in [1.82, 2.24) is 0 Å². The minimum atomic E-state index is -0.362. The van der Waals surface area contributed by atoms with Crippen molar-refractivity contribution in [2.45, 2.75) is 77.4 Å². The first-order valence-electron chi connectivity index (χ1n) is 11.1. The van der Waals surface area contributed by atoms with Crippen LogP contribution in [0, 0.1) is 34.5 Å². The van der Waals surface area contributed by atoms with Crippen LogP contribution < -0.4 is 0 Å². The van der Waals surface area contributed by atoms with Gasteiger partial charge >= 0.3 is 0 Å². The molecule has 6 unspecified atom stereocenters. The molecule has 0 amide bonds. The second-order valence-electron chi connectivity index (χ2n) is 10.3. The fourth-order valence-electron chi connectivity index (χ4n) is 8.09. The molecule has 5 rings (SSSR count). The molecule has 1 saturated heterocycles. The third-order valence-electron chi connectivity index (χ3n) is 9.55. The van der Waals surface area contributed by atoms with Crippen LogP contribution in [0.3, 0.4) is 0 Å². The van der Waals surface area contributed by atoms with Gasteiger partial charge in [-0.2, -0.15) is 0 Å². The normalized spacial score (nSPS) is 49.4. The van der Waals surface area contributed by atoms with E-state index in [-0.39, 0.29) is 5.79 Å². The molecule has 1 aliphatic heterocycles. The minimum absolute atomic E-state index is 0.362. The molecule has 0 aromatic heterocycles. The zero-order chi connectivity index (χ0) is 18.0. The molecule has 26 heavy (non-hydrogen) atoms. The average molecular weight is 423 g/mol. The molecule has 3 heteroatoms. The van der Waals surface area contributed by atoms with E-state index in [4.69, 9.17) is 9.47 Å². The van der Waals surface area contributed by atoms with E-state index in [1.165, 1.54) is 56.7 Å². The Hall–Kier alpha value is 0.140. The molecule has 0 radical (unpaired) electrons. The van der Waals surface area contributed by atoms with Gasteiger partial charge in [-0.05, 0) is 91.9 Å². The maximum Gasteiger partial charge on any atom is 0.188 e. The molecule has 4 aliphatic carbocycles. The highest BCUT2D eigenvalue weighted by Gasteiger charge is 2.59. The summed E-state index contributed by atoms with van der Waals surface area (Å²) in [5, 5.41) is 1.18. The number of rotatable bonds is 2. The SMILES string of the molecule is CC12CCC3(C=C1CCC1C2CCC2(C)C(CCBr)CCC12)OCCO3. The van der Waals surface area contributed by atoms with E-state index >= 15 is 0 Å². The minimum Gasteiger partial charge on any atom is -0.344 e. The molecular weight excluding hydrogens is 388 g/mol. The maximum atomic E-state index is 6.03. The van der Waals surface area contributed by atoms with E-state index in [2.05, 4.69) is 35.9 Å². The lowest BCUT2D eigenvalue weighted by Gasteiger charge is -2.59. The predicted octanol–water partition coefficient (Wildman–Crippen LogP) is 6.09. The summed E-state index contributed by atoms with van der Waals surface area (Å²) in [5.74, 6) is 3.41. The number of hydrogen-bond acceptors (Lipinski definition) is 2. The number of halogens is 1. The highest BCUT2D eigenvalue weighted by Crippen LogP contribution is 2.67. The van der Waals surface area contributed by atoms with Gasteiger partial charge in [0.25, 0.3) is 0 Å². The molecule has 146 valence electrons. The van der Waals surface area contributed by atoms with Crippen LogP contribution in [0.5, 0.6) is 0 Å². The summed E-state index contributed by atoms with van der Waals surface area (Å²) >= 11 is 3.72. The second kappa shape index (κ2) is 6.32. The fraction of sp³-hybridized carbons (Fsp3) is 0.913. The van der Waals surface area contributed by atoms with Crippen molar-refractivity contribution >= 4 is 15.9 Å². The molecule has 4 fully saturated rings. The standard InChI is InChI=1S/C23H35BrO2/c1-21-9-7-20-18(19(21)6-4-16(21)8-12-24)5-3-17-15-23(25-13-14-26-23)11-10-22(17,20)2/h15-16,18-20H,3-14H2,1-2H3. The summed E-state index contributed by atoms with van der Waals surface area (Å²) in [6, 6.07) is 0. The van der Waals surface area contributed by atoms with Crippen LogP contribution in [0.2, 0.25) is 0 Å². The van der Waals surface area contributed by atoms with Crippen LogP contribution in [-0.4, -0.2) is 24.3 Å². The quantitative estimate of drug-likeness (QED) is 0.395. The molecule has 1 spiro atoms. The van der Waals surface area contributed by atoms with Crippen LogP contribution in [0.4, 0.5) is 0 Å². The third-order valence-corrected chi connectivity index (χ3v) is 10.0. The van der Waals surface area contributed by atoms with Crippen LogP contribution in [0.1, 0.15) is 71.6 Å². The zero-order valence-electron chi connectivity index (χ0n) is 16.6. The molecule has 3 saturated carbocycles. The Morgan fingerprint density at radius 2 is 1.81 bits per heavy atom. The van der Waals surface area contributed by atoms with Gasteiger partial charge in [0.1, 0.15) is 0 Å². The average Bonchev–Trinajstić information content (AvgIpc) is 3.21. The number of hydrogen-bond donors (Lipinski definition) is 0. The van der Waals surface area contributed by atoms with Crippen LogP contribution in [0.25, 0.3) is 0 Å². The van der Waals surface area contributed by atoms with Gasteiger partial charge in [0, 0.05) is 11.8 Å². The molecule has 6 atom stereocenters. The number of alkyl halides is 1. The zero-order valence-corrected chi connectivity index (χ0v) is 18.2. The Kier molecular flexibility index (Phi) is 4.42. The molecule has 0 aromatic rings. The van der Waals surface area contributed by atoms with Crippen molar-refractivity contribution in [3.8, 4) is 0 Å². The Labute approximate surface area is 167 Å². The van der Waals surface area contributed by atoms with Crippen molar-refractivity contribution < 1.29 is 9.47 Å². The van der Waals surface area contributed by atoms with E-state index in [1.54, 1.807) is 5.57 Å². The lowest BCUT2D eigenvalue weighted by molar-refractivity contribution is -0.144. The Morgan fingerprint density at radius 1 is 1.00 bits per heavy atom. The predicted molar refractivity (Wildman–Crippen MR) is 108 cm³/mol. The smallest absolute Gasteiger partial charge is 0.188 e. The van der Waals surface area contributed by atoms with Gasteiger partial charge < -0.3 is 9.47 Å². The molecule has 0 aromatic carbocycles. The van der Waals surface area contributed by atoms with E-state index in [0.29, 0.717) is 10.8 Å². The highest BCUT2D eigenvalue weighted by atomic mass is 79.9. The monoisotopic (exact) mass is 422 g/mol. The number of ether oxygens (including phenoxy) is 2. The van der Waals surface area contributed by atoms with Crippen molar-refractivity contribution in [2.24, 2.45) is 34.5 Å². The first-order valence-corrected chi connectivity index (χ1v) is 12.2. The maximum absolute atomic E-state index is 6.03. The van der Waals surface area contributed by atoms with Crippen molar-refractivity contribution in [3.63, 3.8) is 0 Å². The van der Waals surface area contributed by atoms with Crippen molar-refractivity contribution in [1.29, 1.82) is 0 Å². The van der Waals surface area contributed by atoms with Crippen LogP contribution in [-0.2, 0) is 9.47 Å². The first kappa shape index (κ1) is 18.2. The third kappa shape index (κ3) is 2.48. The van der Waals surface area contributed by atoms with Gasteiger partial charge in [-0.25, -0.2) is 0 Å². The van der Waals surface area contributed by atoms with Crippen LogP contribution in [0.15, 0.2) is 11.6 Å². The summed E-state index contributed by atoms with van der Waals surface area (Å²) in [7, 11) is 0. The van der Waals surface area contributed by atoms with Crippen LogP contribution >= 0.6 is 15.9 Å². The van der Waals surface area contributed by atoms with Gasteiger partial charge in [0.15, 0.2) is 5.79 Å². The first-order chi connectivity index (χ1) is 12.5. The lowest BCUT2D eigenvalue weighted by atomic mass is 9.46. The fourth-order valence-corrected chi connectivity index (χ4v) is 8.65. The second-order valence-corrected chi connectivity index (χ2v) is 11.1. The van der Waals surface area contributed by atoms with Gasteiger partial charge in [0.2, 0.25) is 0 Å². The largest absolute Gasteiger partial charge is 0.344 e. The van der Waals surface area contributed by atoms with E-state index < -0.39 is 0 Å².